The van der Waals surface area contributed by atoms with Crippen molar-refractivity contribution in [1.82, 2.24) is 0 Å². The third-order valence-corrected chi connectivity index (χ3v) is 3.39. The van der Waals surface area contributed by atoms with E-state index >= 15 is 0 Å². The van der Waals surface area contributed by atoms with Crippen molar-refractivity contribution in [3.63, 3.8) is 0 Å². The predicted molar refractivity (Wildman–Crippen MR) is 69.4 cm³/mol. The standard InChI is InChI=1S/C14H11BrO2/c15-12-6-4-9(5-7-12)10-2-1-3-11(8-10)13-14(16)17-13/h1-8,13-14,16H. The minimum Gasteiger partial charge on any atom is -0.366 e. The van der Waals surface area contributed by atoms with Crippen LogP contribution in [0.1, 0.15) is 11.7 Å². The molecule has 1 aliphatic rings. The summed E-state index contributed by atoms with van der Waals surface area (Å²) in [6.45, 7) is 0. The Morgan fingerprint density at radius 2 is 1.71 bits per heavy atom. The summed E-state index contributed by atoms with van der Waals surface area (Å²) < 4.78 is 6.13. The van der Waals surface area contributed by atoms with Crippen LogP contribution in [0.15, 0.2) is 53.0 Å². The molecule has 17 heavy (non-hydrogen) atoms. The zero-order valence-corrected chi connectivity index (χ0v) is 10.6. The maximum Gasteiger partial charge on any atom is 0.186 e. The van der Waals surface area contributed by atoms with Gasteiger partial charge in [-0.3, -0.25) is 0 Å². The summed E-state index contributed by atoms with van der Waals surface area (Å²) in [6.07, 6.45) is -0.777. The second-order valence-electron chi connectivity index (χ2n) is 4.08. The summed E-state index contributed by atoms with van der Waals surface area (Å²) in [5.41, 5.74) is 3.32. The lowest BCUT2D eigenvalue weighted by Gasteiger charge is -2.04. The van der Waals surface area contributed by atoms with E-state index in [2.05, 4.69) is 40.2 Å². The number of halogens is 1. The van der Waals surface area contributed by atoms with E-state index in [9.17, 15) is 5.11 Å². The lowest BCUT2D eigenvalue weighted by molar-refractivity contribution is 0.156. The largest absolute Gasteiger partial charge is 0.366 e. The van der Waals surface area contributed by atoms with E-state index in [0.29, 0.717) is 0 Å². The summed E-state index contributed by atoms with van der Waals surface area (Å²) in [5.74, 6) is 0. The topological polar surface area (TPSA) is 32.8 Å². The van der Waals surface area contributed by atoms with Gasteiger partial charge in [-0.05, 0) is 34.9 Å². The Bertz CT molecular complexity index is 536. The van der Waals surface area contributed by atoms with E-state index in [1.165, 1.54) is 0 Å². The van der Waals surface area contributed by atoms with E-state index < -0.39 is 6.29 Å². The lowest BCUT2D eigenvalue weighted by atomic mass is 10.0. The number of rotatable bonds is 2. The average molecular weight is 291 g/mol. The van der Waals surface area contributed by atoms with Gasteiger partial charge < -0.3 is 9.84 Å². The molecule has 3 heteroatoms. The molecule has 0 radical (unpaired) electrons. The average Bonchev–Trinajstić information content (AvgIpc) is 3.08. The molecule has 2 aromatic carbocycles. The van der Waals surface area contributed by atoms with Crippen LogP contribution in [0.25, 0.3) is 11.1 Å². The molecule has 1 saturated heterocycles. The summed E-state index contributed by atoms with van der Waals surface area (Å²) in [5, 5.41) is 9.25. The van der Waals surface area contributed by atoms with Crippen molar-refractivity contribution >= 4 is 15.9 Å². The zero-order valence-electron chi connectivity index (χ0n) is 9.01. The predicted octanol–water partition coefficient (Wildman–Crippen LogP) is 3.51. The van der Waals surface area contributed by atoms with Crippen molar-refractivity contribution in [1.29, 1.82) is 0 Å². The Hall–Kier alpha value is -1.16. The fraction of sp³-hybridized carbons (Fsp3) is 0.143. The van der Waals surface area contributed by atoms with Crippen molar-refractivity contribution in [2.75, 3.05) is 0 Å². The minimum atomic E-state index is -0.629. The summed E-state index contributed by atoms with van der Waals surface area (Å²) in [6, 6.07) is 16.2. The van der Waals surface area contributed by atoms with Crippen molar-refractivity contribution in [2.24, 2.45) is 0 Å². The van der Waals surface area contributed by atoms with E-state index in [1.807, 2.05) is 24.3 Å². The SMILES string of the molecule is OC1OC1c1cccc(-c2ccc(Br)cc2)c1. The molecule has 2 unspecified atom stereocenters. The smallest absolute Gasteiger partial charge is 0.186 e. The van der Waals surface area contributed by atoms with Crippen LogP contribution in [0, 0.1) is 0 Å². The third-order valence-electron chi connectivity index (χ3n) is 2.86. The number of hydrogen-bond donors (Lipinski definition) is 1. The number of epoxide rings is 1. The van der Waals surface area contributed by atoms with Crippen LogP contribution in [0.4, 0.5) is 0 Å². The van der Waals surface area contributed by atoms with Gasteiger partial charge in [0.1, 0.15) is 6.10 Å². The fourth-order valence-electron chi connectivity index (χ4n) is 1.89. The van der Waals surface area contributed by atoms with Crippen LogP contribution in [-0.4, -0.2) is 11.4 Å². The summed E-state index contributed by atoms with van der Waals surface area (Å²) in [4.78, 5) is 0. The Kier molecular flexibility index (Phi) is 2.74. The van der Waals surface area contributed by atoms with Crippen molar-refractivity contribution in [3.05, 3.63) is 58.6 Å². The first-order valence-electron chi connectivity index (χ1n) is 5.43. The molecule has 0 amide bonds. The highest BCUT2D eigenvalue weighted by Crippen LogP contribution is 2.37. The number of benzene rings is 2. The molecule has 0 saturated carbocycles. The molecule has 1 aliphatic heterocycles. The van der Waals surface area contributed by atoms with E-state index in [1.54, 1.807) is 0 Å². The van der Waals surface area contributed by atoms with Gasteiger partial charge in [0.25, 0.3) is 0 Å². The van der Waals surface area contributed by atoms with Crippen LogP contribution in [-0.2, 0) is 4.74 Å². The molecule has 1 fully saturated rings. The number of ether oxygens (including phenoxy) is 1. The van der Waals surface area contributed by atoms with Crippen molar-refractivity contribution in [3.8, 4) is 11.1 Å². The molecule has 2 atom stereocenters. The maximum absolute atomic E-state index is 9.25. The van der Waals surface area contributed by atoms with Gasteiger partial charge in [0.05, 0.1) is 0 Å². The number of aliphatic hydroxyl groups excluding tert-OH is 1. The van der Waals surface area contributed by atoms with Gasteiger partial charge in [-0.1, -0.05) is 46.3 Å². The van der Waals surface area contributed by atoms with E-state index in [4.69, 9.17) is 4.74 Å². The molecule has 1 heterocycles. The maximum atomic E-state index is 9.25. The quantitative estimate of drug-likeness (QED) is 0.859. The highest BCUT2D eigenvalue weighted by atomic mass is 79.9. The van der Waals surface area contributed by atoms with E-state index in [0.717, 1.165) is 21.2 Å². The molecule has 0 aromatic heterocycles. The van der Waals surface area contributed by atoms with Gasteiger partial charge in [-0.2, -0.15) is 0 Å². The van der Waals surface area contributed by atoms with Gasteiger partial charge in [0, 0.05) is 4.47 Å². The Balaban J connectivity index is 1.95. The molecule has 2 nitrogen and oxygen atoms in total. The monoisotopic (exact) mass is 290 g/mol. The zero-order chi connectivity index (χ0) is 11.8. The first-order valence-corrected chi connectivity index (χ1v) is 6.23. The van der Waals surface area contributed by atoms with Crippen molar-refractivity contribution < 1.29 is 9.84 Å². The van der Waals surface area contributed by atoms with Gasteiger partial charge in [-0.15, -0.1) is 0 Å². The molecule has 0 aliphatic carbocycles. The second kappa shape index (κ2) is 4.26. The van der Waals surface area contributed by atoms with Gasteiger partial charge >= 0.3 is 0 Å². The molecule has 3 rings (SSSR count). The van der Waals surface area contributed by atoms with Gasteiger partial charge in [-0.25, -0.2) is 0 Å². The van der Waals surface area contributed by atoms with Gasteiger partial charge in [0.15, 0.2) is 6.29 Å². The molecular formula is C14H11BrO2. The van der Waals surface area contributed by atoms with Crippen LogP contribution >= 0.6 is 15.9 Å². The molecule has 0 spiro atoms. The third kappa shape index (κ3) is 2.27. The van der Waals surface area contributed by atoms with Crippen molar-refractivity contribution in [2.45, 2.75) is 12.4 Å². The Morgan fingerprint density at radius 3 is 2.35 bits per heavy atom. The normalized spacial score (nSPS) is 22.5. The Morgan fingerprint density at radius 1 is 1.00 bits per heavy atom. The van der Waals surface area contributed by atoms with Crippen LogP contribution in [0.2, 0.25) is 0 Å². The lowest BCUT2D eigenvalue weighted by Crippen LogP contribution is -1.87. The van der Waals surface area contributed by atoms with Crippen LogP contribution in [0.5, 0.6) is 0 Å². The first kappa shape index (κ1) is 11.0. The van der Waals surface area contributed by atoms with Crippen LogP contribution in [0.3, 0.4) is 0 Å². The molecule has 1 N–H and O–H groups in total. The van der Waals surface area contributed by atoms with E-state index in [-0.39, 0.29) is 6.10 Å². The van der Waals surface area contributed by atoms with Crippen LogP contribution < -0.4 is 0 Å². The molecule has 2 aromatic rings. The number of hydrogen-bond acceptors (Lipinski definition) is 2. The van der Waals surface area contributed by atoms with Gasteiger partial charge in [0.2, 0.25) is 0 Å². The molecular weight excluding hydrogens is 280 g/mol. The molecule has 0 bridgehead atoms. The highest BCUT2D eigenvalue weighted by molar-refractivity contribution is 9.10. The highest BCUT2D eigenvalue weighted by Gasteiger charge is 2.38. The summed E-state index contributed by atoms with van der Waals surface area (Å²) in [7, 11) is 0. The Labute approximate surface area is 108 Å². The number of aliphatic hydroxyl groups is 1. The first-order chi connectivity index (χ1) is 8.24. The second-order valence-corrected chi connectivity index (χ2v) is 5.00. The summed E-state index contributed by atoms with van der Waals surface area (Å²) >= 11 is 3.42. The minimum absolute atomic E-state index is 0.148. The molecule has 86 valence electrons. The fourth-order valence-corrected chi connectivity index (χ4v) is 2.15.